The Bertz CT molecular complexity index is 515. The Morgan fingerprint density at radius 3 is 2.53 bits per heavy atom. The van der Waals surface area contributed by atoms with Crippen LogP contribution in [0.1, 0.15) is 12.5 Å². The molecule has 0 aromatic heterocycles. The van der Waals surface area contributed by atoms with E-state index in [1.54, 1.807) is 0 Å². The third kappa shape index (κ3) is 1.19. The fraction of sp³-hybridized carbons (Fsp3) is 0.231. The minimum Gasteiger partial charge on any atom is -0.360 e. The molecule has 1 aliphatic heterocycles. The van der Waals surface area contributed by atoms with E-state index in [0.717, 1.165) is 16.3 Å². The minimum atomic E-state index is -1.07. The van der Waals surface area contributed by atoms with Crippen molar-refractivity contribution in [2.24, 2.45) is 0 Å². The maximum absolute atomic E-state index is 10.1. The Morgan fingerprint density at radius 2 is 1.80 bits per heavy atom. The second-order valence-electron chi connectivity index (χ2n) is 3.98. The summed E-state index contributed by atoms with van der Waals surface area (Å²) in [6.45, 7) is 1.88. The molecule has 2 aromatic rings. The predicted octanol–water partition coefficient (Wildman–Crippen LogP) is 2.40. The van der Waals surface area contributed by atoms with Crippen LogP contribution in [0.5, 0.6) is 0 Å². The number of fused-ring (bicyclic) bond motifs is 1. The van der Waals surface area contributed by atoms with Gasteiger partial charge in [-0.1, -0.05) is 42.5 Å². The number of hydrogen-bond donors (Lipinski definition) is 1. The molecule has 76 valence electrons. The van der Waals surface area contributed by atoms with Crippen molar-refractivity contribution < 1.29 is 9.84 Å². The van der Waals surface area contributed by atoms with Crippen molar-refractivity contribution in [3.05, 3.63) is 48.0 Å². The number of rotatable bonds is 1. The number of ether oxygens (including phenoxy) is 1. The van der Waals surface area contributed by atoms with Crippen LogP contribution in [0.4, 0.5) is 0 Å². The molecule has 0 saturated carbocycles. The van der Waals surface area contributed by atoms with Crippen molar-refractivity contribution in [1.82, 2.24) is 0 Å². The Kier molecular flexibility index (Phi) is 1.67. The molecule has 0 radical (unpaired) electrons. The summed E-state index contributed by atoms with van der Waals surface area (Å²) >= 11 is 0. The third-order valence-electron chi connectivity index (χ3n) is 3.03. The summed E-state index contributed by atoms with van der Waals surface area (Å²) in [5, 5.41) is 12.3. The van der Waals surface area contributed by atoms with Gasteiger partial charge in [-0.05, 0) is 17.7 Å². The first kappa shape index (κ1) is 8.89. The van der Waals surface area contributed by atoms with Gasteiger partial charge < -0.3 is 9.84 Å². The van der Waals surface area contributed by atoms with E-state index in [1.165, 1.54) is 0 Å². The molecular weight excluding hydrogens is 188 g/mol. The Morgan fingerprint density at radius 1 is 1.13 bits per heavy atom. The summed E-state index contributed by atoms with van der Waals surface area (Å²) in [6, 6.07) is 13.9. The van der Waals surface area contributed by atoms with Gasteiger partial charge >= 0.3 is 0 Å². The molecule has 1 N–H and O–H groups in total. The molecule has 0 bridgehead atoms. The van der Waals surface area contributed by atoms with E-state index in [2.05, 4.69) is 0 Å². The van der Waals surface area contributed by atoms with E-state index in [1.807, 2.05) is 49.4 Å². The molecule has 1 fully saturated rings. The molecule has 2 unspecified atom stereocenters. The second kappa shape index (κ2) is 2.81. The standard InChI is InChI=1S/C13H12O2/c1-9-13(14,15-9)12-8-4-6-10-5-2-3-7-11(10)12/h2-9,14H,1H3. The molecule has 0 aliphatic carbocycles. The topological polar surface area (TPSA) is 32.8 Å². The molecule has 1 aliphatic rings. The van der Waals surface area contributed by atoms with Gasteiger partial charge in [0.1, 0.15) is 6.10 Å². The summed E-state index contributed by atoms with van der Waals surface area (Å²) in [7, 11) is 0. The summed E-state index contributed by atoms with van der Waals surface area (Å²) in [6.07, 6.45) is -0.108. The Hall–Kier alpha value is -1.38. The molecule has 3 rings (SSSR count). The third-order valence-corrected chi connectivity index (χ3v) is 3.03. The van der Waals surface area contributed by atoms with Crippen LogP contribution in [0.3, 0.4) is 0 Å². The SMILES string of the molecule is CC1OC1(O)c1cccc2ccccc12. The van der Waals surface area contributed by atoms with Gasteiger partial charge in [-0.15, -0.1) is 0 Å². The lowest BCUT2D eigenvalue weighted by Crippen LogP contribution is -2.10. The zero-order valence-electron chi connectivity index (χ0n) is 8.47. The lowest BCUT2D eigenvalue weighted by molar-refractivity contribution is 0.0347. The van der Waals surface area contributed by atoms with Crippen molar-refractivity contribution in [2.45, 2.75) is 18.8 Å². The highest BCUT2D eigenvalue weighted by Gasteiger charge is 2.54. The Labute approximate surface area is 88.1 Å². The highest BCUT2D eigenvalue weighted by molar-refractivity contribution is 5.86. The monoisotopic (exact) mass is 200 g/mol. The summed E-state index contributed by atoms with van der Waals surface area (Å²) in [5.74, 6) is -1.07. The van der Waals surface area contributed by atoms with Crippen LogP contribution in [0.15, 0.2) is 42.5 Å². The van der Waals surface area contributed by atoms with Crippen molar-refractivity contribution >= 4 is 10.8 Å². The van der Waals surface area contributed by atoms with E-state index in [9.17, 15) is 5.11 Å². The van der Waals surface area contributed by atoms with Gasteiger partial charge in [0.15, 0.2) is 0 Å². The highest BCUT2D eigenvalue weighted by atomic mass is 16.7. The number of hydrogen-bond acceptors (Lipinski definition) is 2. The molecular formula is C13H12O2. The van der Waals surface area contributed by atoms with Crippen LogP contribution in [0.2, 0.25) is 0 Å². The lowest BCUT2D eigenvalue weighted by atomic mass is 9.99. The van der Waals surface area contributed by atoms with Crippen molar-refractivity contribution in [2.75, 3.05) is 0 Å². The molecule has 2 nitrogen and oxygen atoms in total. The quantitative estimate of drug-likeness (QED) is 0.717. The smallest absolute Gasteiger partial charge is 0.220 e. The van der Waals surface area contributed by atoms with Crippen LogP contribution in [-0.4, -0.2) is 11.2 Å². The lowest BCUT2D eigenvalue weighted by Gasteiger charge is -2.09. The summed E-state index contributed by atoms with van der Waals surface area (Å²) < 4.78 is 5.25. The Balaban J connectivity index is 2.27. The van der Waals surface area contributed by atoms with Gasteiger partial charge in [0.05, 0.1) is 0 Å². The molecule has 15 heavy (non-hydrogen) atoms. The summed E-state index contributed by atoms with van der Waals surface area (Å²) in [4.78, 5) is 0. The molecule has 2 aromatic carbocycles. The normalized spacial score (nSPS) is 29.3. The largest absolute Gasteiger partial charge is 0.360 e. The molecule has 2 atom stereocenters. The average Bonchev–Trinajstić information content (AvgIpc) is 2.87. The zero-order valence-corrected chi connectivity index (χ0v) is 8.47. The van der Waals surface area contributed by atoms with Crippen LogP contribution in [0, 0.1) is 0 Å². The van der Waals surface area contributed by atoms with Gasteiger partial charge in [-0.2, -0.15) is 0 Å². The van der Waals surface area contributed by atoms with Gasteiger partial charge in [-0.25, -0.2) is 0 Å². The molecule has 0 amide bonds. The first-order chi connectivity index (χ1) is 7.22. The van der Waals surface area contributed by atoms with Crippen molar-refractivity contribution in [1.29, 1.82) is 0 Å². The van der Waals surface area contributed by atoms with E-state index < -0.39 is 5.79 Å². The van der Waals surface area contributed by atoms with E-state index >= 15 is 0 Å². The van der Waals surface area contributed by atoms with Crippen molar-refractivity contribution in [3.8, 4) is 0 Å². The highest BCUT2D eigenvalue weighted by Crippen LogP contribution is 2.45. The van der Waals surface area contributed by atoms with Crippen LogP contribution >= 0.6 is 0 Å². The zero-order chi connectivity index (χ0) is 10.5. The first-order valence-corrected chi connectivity index (χ1v) is 5.10. The number of epoxide rings is 1. The second-order valence-corrected chi connectivity index (χ2v) is 3.98. The van der Waals surface area contributed by atoms with E-state index in [4.69, 9.17) is 4.74 Å². The van der Waals surface area contributed by atoms with Gasteiger partial charge in [0.25, 0.3) is 0 Å². The number of aliphatic hydroxyl groups is 1. The molecule has 1 heterocycles. The predicted molar refractivity (Wildman–Crippen MR) is 58.4 cm³/mol. The van der Waals surface area contributed by atoms with Crippen LogP contribution in [0.25, 0.3) is 10.8 Å². The van der Waals surface area contributed by atoms with Crippen LogP contribution < -0.4 is 0 Å². The summed E-state index contributed by atoms with van der Waals surface area (Å²) in [5.41, 5.74) is 0.869. The van der Waals surface area contributed by atoms with E-state index in [-0.39, 0.29) is 6.10 Å². The first-order valence-electron chi connectivity index (χ1n) is 5.10. The average molecular weight is 200 g/mol. The number of benzene rings is 2. The van der Waals surface area contributed by atoms with Crippen LogP contribution in [-0.2, 0) is 10.5 Å². The van der Waals surface area contributed by atoms with Gasteiger partial charge in [-0.3, -0.25) is 0 Å². The fourth-order valence-corrected chi connectivity index (χ4v) is 2.06. The molecule has 2 heteroatoms. The van der Waals surface area contributed by atoms with Crippen molar-refractivity contribution in [3.63, 3.8) is 0 Å². The van der Waals surface area contributed by atoms with Gasteiger partial charge in [0.2, 0.25) is 5.79 Å². The maximum Gasteiger partial charge on any atom is 0.220 e. The minimum absolute atomic E-state index is 0.108. The molecule has 1 saturated heterocycles. The molecule has 0 spiro atoms. The maximum atomic E-state index is 10.1. The van der Waals surface area contributed by atoms with E-state index in [0.29, 0.717) is 0 Å². The van der Waals surface area contributed by atoms with Gasteiger partial charge in [0, 0.05) is 5.56 Å². The fourth-order valence-electron chi connectivity index (χ4n) is 2.06.